The summed E-state index contributed by atoms with van der Waals surface area (Å²) in [6.07, 6.45) is 2.55. The van der Waals surface area contributed by atoms with E-state index < -0.39 is 12.0 Å². The van der Waals surface area contributed by atoms with Crippen LogP contribution in [0.1, 0.15) is 25.9 Å². The number of halogens is 2. The van der Waals surface area contributed by atoms with Gasteiger partial charge in [0.15, 0.2) is 12.0 Å². The van der Waals surface area contributed by atoms with E-state index in [1.807, 2.05) is 61.9 Å². The van der Waals surface area contributed by atoms with Crippen LogP contribution >= 0.6 is 27.5 Å². The van der Waals surface area contributed by atoms with Crippen molar-refractivity contribution in [3.63, 3.8) is 0 Å². The minimum atomic E-state index is -0.707. The van der Waals surface area contributed by atoms with E-state index in [-0.39, 0.29) is 18.3 Å². The number of nitrogens with one attached hydrogen (secondary N) is 1. The maximum absolute atomic E-state index is 6.50. The highest BCUT2D eigenvalue weighted by Gasteiger charge is 2.55. The second-order valence-electron chi connectivity index (χ2n) is 9.09. The van der Waals surface area contributed by atoms with Crippen LogP contribution in [-0.2, 0) is 14.2 Å². The van der Waals surface area contributed by atoms with Crippen molar-refractivity contribution in [1.29, 1.82) is 0 Å². The number of anilines is 1. The lowest BCUT2D eigenvalue weighted by Gasteiger charge is -2.25. The zero-order valence-corrected chi connectivity index (χ0v) is 21.2. The van der Waals surface area contributed by atoms with E-state index in [0.29, 0.717) is 17.5 Å². The lowest BCUT2D eigenvalue weighted by molar-refractivity contribution is -0.194. The minimum absolute atomic E-state index is 0.235. The summed E-state index contributed by atoms with van der Waals surface area (Å²) in [5.74, 6) is -0.104. The van der Waals surface area contributed by atoms with E-state index in [1.165, 1.54) is 0 Å². The van der Waals surface area contributed by atoms with Crippen LogP contribution in [0.3, 0.4) is 0 Å². The Morgan fingerprint density at radius 3 is 2.82 bits per heavy atom. The van der Waals surface area contributed by atoms with E-state index in [0.717, 1.165) is 32.1 Å². The van der Waals surface area contributed by atoms with Crippen molar-refractivity contribution >= 4 is 55.2 Å². The van der Waals surface area contributed by atoms with E-state index >= 15 is 0 Å². The van der Waals surface area contributed by atoms with Gasteiger partial charge in [-0.2, -0.15) is 0 Å². The molecule has 5 heterocycles. The summed E-state index contributed by atoms with van der Waals surface area (Å²) in [6.45, 7) is 6.23. The zero-order valence-electron chi connectivity index (χ0n) is 18.8. The van der Waals surface area contributed by atoms with Crippen molar-refractivity contribution < 1.29 is 14.2 Å². The fraction of sp³-hybridized carbons (Fsp3) is 0.375. The Hall–Kier alpha value is -2.30. The number of nitrogens with zero attached hydrogens (tertiary/aromatic N) is 4. The summed E-state index contributed by atoms with van der Waals surface area (Å²) in [4.78, 5) is 13.4. The Kier molecular flexibility index (Phi) is 5.31. The molecule has 2 aliphatic heterocycles. The second kappa shape index (κ2) is 8.13. The molecule has 34 heavy (non-hydrogen) atoms. The summed E-state index contributed by atoms with van der Waals surface area (Å²) >= 11 is 9.82. The molecule has 4 aromatic rings. The summed E-state index contributed by atoms with van der Waals surface area (Å²) < 4.78 is 22.0. The van der Waals surface area contributed by atoms with Crippen LogP contribution < -0.4 is 5.32 Å². The highest BCUT2D eigenvalue weighted by atomic mass is 79.9. The van der Waals surface area contributed by atoms with Crippen molar-refractivity contribution in [2.24, 2.45) is 0 Å². The van der Waals surface area contributed by atoms with E-state index in [1.54, 1.807) is 6.20 Å². The highest BCUT2D eigenvalue weighted by molar-refractivity contribution is 9.10. The van der Waals surface area contributed by atoms with Gasteiger partial charge in [0.25, 0.3) is 0 Å². The maximum atomic E-state index is 6.50. The van der Waals surface area contributed by atoms with Crippen molar-refractivity contribution in [2.45, 2.75) is 51.1 Å². The van der Waals surface area contributed by atoms with Gasteiger partial charge in [-0.25, -0.2) is 9.97 Å². The summed E-state index contributed by atoms with van der Waals surface area (Å²) in [6, 6.07) is 10.1. The van der Waals surface area contributed by atoms with Crippen LogP contribution in [-0.4, -0.2) is 50.2 Å². The SMILES string of the molecule is Cc1nc(Cl)c2ccn([C@@H]3O[C@H](CNc4ccc5cc(Br)cnc5c4)[C@H]4OC(C)(C)O[C@H]43)c2n1. The number of aromatic nitrogens is 4. The molecule has 6 rings (SSSR count). The van der Waals surface area contributed by atoms with Gasteiger partial charge in [-0.05, 0) is 61.0 Å². The Bertz CT molecular complexity index is 1410. The molecule has 2 fully saturated rings. The van der Waals surface area contributed by atoms with Gasteiger partial charge in [0.1, 0.15) is 34.9 Å². The summed E-state index contributed by atoms with van der Waals surface area (Å²) in [5.41, 5.74) is 2.60. The van der Waals surface area contributed by atoms with E-state index in [4.69, 9.17) is 25.8 Å². The number of benzene rings is 1. The molecule has 1 N–H and O–H groups in total. The van der Waals surface area contributed by atoms with Gasteiger partial charge >= 0.3 is 0 Å². The van der Waals surface area contributed by atoms with Gasteiger partial charge in [0.2, 0.25) is 0 Å². The fourth-order valence-corrected chi connectivity index (χ4v) is 5.39. The number of hydrogen-bond donors (Lipinski definition) is 1. The molecule has 4 atom stereocenters. The third-order valence-corrected chi connectivity index (χ3v) is 6.92. The molecular formula is C24H23BrClN5O3. The quantitative estimate of drug-likeness (QED) is 0.352. The first-order valence-electron chi connectivity index (χ1n) is 11.1. The van der Waals surface area contributed by atoms with Crippen LogP contribution in [0.25, 0.3) is 21.9 Å². The van der Waals surface area contributed by atoms with Crippen molar-refractivity contribution in [3.05, 3.63) is 58.2 Å². The van der Waals surface area contributed by atoms with Crippen LogP contribution in [0, 0.1) is 6.92 Å². The minimum Gasteiger partial charge on any atom is -0.382 e. The molecule has 0 unspecified atom stereocenters. The molecule has 0 radical (unpaired) electrons. The van der Waals surface area contributed by atoms with Crippen molar-refractivity contribution in [2.75, 3.05) is 11.9 Å². The van der Waals surface area contributed by atoms with Gasteiger partial charge in [0, 0.05) is 34.5 Å². The summed E-state index contributed by atoms with van der Waals surface area (Å²) in [7, 11) is 0. The van der Waals surface area contributed by atoms with E-state index in [2.05, 4.69) is 36.2 Å². The first kappa shape index (κ1) is 22.2. The molecule has 176 valence electrons. The monoisotopic (exact) mass is 543 g/mol. The third-order valence-electron chi connectivity index (χ3n) is 6.19. The molecule has 8 nitrogen and oxygen atoms in total. The van der Waals surface area contributed by atoms with Gasteiger partial charge in [-0.3, -0.25) is 4.98 Å². The second-order valence-corrected chi connectivity index (χ2v) is 10.4. The first-order chi connectivity index (χ1) is 16.3. The van der Waals surface area contributed by atoms with E-state index in [9.17, 15) is 0 Å². The van der Waals surface area contributed by atoms with Crippen molar-refractivity contribution in [1.82, 2.24) is 19.5 Å². The molecule has 0 saturated carbocycles. The Labute approximate surface area is 209 Å². The van der Waals surface area contributed by atoms with Gasteiger partial charge in [-0.1, -0.05) is 17.7 Å². The molecule has 0 bridgehead atoms. The van der Waals surface area contributed by atoms with Crippen LogP contribution in [0.4, 0.5) is 5.69 Å². The molecular weight excluding hydrogens is 522 g/mol. The normalized spacial score (nSPS) is 25.8. The van der Waals surface area contributed by atoms with Crippen molar-refractivity contribution in [3.8, 4) is 0 Å². The van der Waals surface area contributed by atoms with Gasteiger partial charge in [-0.15, -0.1) is 0 Å². The molecule has 2 aliphatic rings. The first-order valence-corrected chi connectivity index (χ1v) is 12.3. The fourth-order valence-electron chi connectivity index (χ4n) is 4.77. The Balaban J connectivity index is 1.28. The standard InChI is InChI=1S/C24H23BrClN5O3/c1-12-29-21(26)16-6-7-31(22(16)30-12)23-20-19(33-24(2,3)34-20)18(32-23)11-27-15-5-4-13-8-14(25)10-28-17(13)9-15/h4-10,18-20,23,27H,11H2,1-3H3/t18-,19-,20-,23-/m1/s1. The zero-order chi connectivity index (χ0) is 23.6. The maximum Gasteiger partial charge on any atom is 0.164 e. The average molecular weight is 545 g/mol. The number of hydrogen-bond acceptors (Lipinski definition) is 7. The lowest BCUT2D eigenvalue weighted by atomic mass is 10.1. The topological polar surface area (TPSA) is 83.3 Å². The van der Waals surface area contributed by atoms with Gasteiger partial charge < -0.3 is 24.1 Å². The molecule has 1 aromatic carbocycles. The van der Waals surface area contributed by atoms with Crippen LogP contribution in [0.15, 0.2) is 47.2 Å². The Morgan fingerprint density at radius 1 is 1.15 bits per heavy atom. The molecule has 0 spiro atoms. The number of aryl methyl sites for hydroxylation is 1. The predicted molar refractivity (Wildman–Crippen MR) is 133 cm³/mol. The number of ether oxygens (including phenoxy) is 3. The lowest BCUT2D eigenvalue weighted by Crippen LogP contribution is -2.34. The molecule has 3 aromatic heterocycles. The third kappa shape index (κ3) is 3.85. The molecule has 10 heteroatoms. The van der Waals surface area contributed by atoms with Crippen LogP contribution in [0.2, 0.25) is 5.15 Å². The highest BCUT2D eigenvalue weighted by Crippen LogP contribution is 2.44. The molecule has 0 amide bonds. The predicted octanol–water partition coefficient (Wildman–Crippen LogP) is 5.23. The largest absolute Gasteiger partial charge is 0.382 e. The molecule has 0 aliphatic carbocycles. The summed E-state index contributed by atoms with van der Waals surface area (Å²) in [5, 5.41) is 5.76. The number of pyridine rings is 1. The number of fused-ring (bicyclic) bond motifs is 3. The van der Waals surface area contributed by atoms with Gasteiger partial charge in [0.05, 0.1) is 10.9 Å². The Morgan fingerprint density at radius 2 is 1.97 bits per heavy atom. The van der Waals surface area contributed by atoms with Crippen LogP contribution in [0.5, 0.6) is 0 Å². The number of rotatable bonds is 4. The molecule has 2 saturated heterocycles. The smallest absolute Gasteiger partial charge is 0.164 e. The average Bonchev–Trinajstić information content (AvgIpc) is 3.43.